The van der Waals surface area contributed by atoms with Crippen molar-refractivity contribution in [3.8, 4) is 16.9 Å². The number of ether oxygens (including phenoxy) is 1. The van der Waals surface area contributed by atoms with Gasteiger partial charge >= 0.3 is 0 Å². The van der Waals surface area contributed by atoms with Crippen molar-refractivity contribution < 1.29 is 14.3 Å². The first-order valence-corrected chi connectivity index (χ1v) is 9.19. The molecule has 0 fully saturated rings. The molecule has 4 rings (SSSR count). The highest BCUT2D eigenvalue weighted by Gasteiger charge is 2.25. The summed E-state index contributed by atoms with van der Waals surface area (Å²) in [4.78, 5) is 26.4. The monoisotopic (exact) mass is 372 g/mol. The van der Waals surface area contributed by atoms with E-state index in [1.807, 2.05) is 78.9 Å². The third-order valence-corrected chi connectivity index (χ3v) is 4.66. The van der Waals surface area contributed by atoms with Crippen LogP contribution in [0.2, 0.25) is 0 Å². The molecule has 0 aromatic heterocycles. The van der Waals surface area contributed by atoms with Crippen LogP contribution >= 0.6 is 0 Å². The van der Waals surface area contributed by atoms with Crippen LogP contribution in [-0.2, 0) is 9.59 Å². The number of fused-ring (bicyclic) bond motifs is 1. The summed E-state index contributed by atoms with van der Waals surface area (Å²) < 4.78 is 5.44. The largest absolute Gasteiger partial charge is 0.482 e. The van der Waals surface area contributed by atoms with Gasteiger partial charge in [0, 0.05) is 24.2 Å². The lowest BCUT2D eigenvalue weighted by Gasteiger charge is -2.29. The van der Waals surface area contributed by atoms with Crippen LogP contribution in [0.3, 0.4) is 0 Å². The molecule has 0 atom stereocenters. The van der Waals surface area contributed by atoms with Gasteiger partial charge in [0.05, 0.1) is 5.69 Å². The molecule has 0 aliphatic carbocycles. The highest BCUT2D eigenvalue weighted by molar-refractivity contribution is 6.00. The van der Waals surface area contributed by atoms with Crippen molar-refractivity contribution >= 4 is 23.2 Å². The Morgan fingerprint density at radius 1 is 0.929 bits per heavy atom. The lowest BCUT2D eigenvalue weighted by molar-refractivity contribution is -0.121. The summed E-state index contributed by atoms with van der Waals surface area (Å²) in [6.07, 6.45) is 0.198. The van der Waals surface area contributed by atoms with Crippen molar-refractivity contribution in [2.75, 3.05) is 23.4 Å². The van der Waals surface area contributed by atoms with E-state index in [2.05, 4.69) is 5.32 Å². The Labute approximate surface area is 163 Å². The van der Waals surface area contributed by atoms with Gasteiger partial charge in [-0.25, -0.2) is 0 Å². The van der Waals surface area contributed by atoms with Crippen molar-refractivity contribution in [2.24, 2.45) is 0 Å². The second-order valence-corrected chi connectivity index (χ2v) is 6.51. The molecule has 1 aliphatic heterocycles. The number of para-hydroxylation sites is 3. The number of carbonyl (C=O) groups is 2. The molecular formula is C23H20N2O3. The van der Waals surface area contributed by atoms with Gasteiger partial charge in [-0.15, -0.1) is 0 Å². The first-order chi connectivity index (χ1) is 13.7. The summed E-state index contributed by atoms with van der Waals surface area (Å²) in [6.45, 7) is 0.300. The predicted octanol–water partition coefficient (Wildman–Crippen LogP) is 4.11. The van der Waals surface area contributed by atoms with Gasteiger partial charge in [-0.05, 0) is 23.8 Å². The minimum absolute atomic E-state index is 0.00449. The maximum atomic E-state index is 12.6. The predicted molar refractivity (Wildman–Crippen MR) is 109 cm³/mol. The van der Waals surface area contributed by atoms with Gasteiger partial charge in [-0.1, -0.05) is 60.7 Å². The topological polar surface area (TPSA) is 58.6 Å². The standard InChI is InChI=1S/C23H20N2O3/c26-22(14-15-25-20-12-6-7-13-21(20)28-16-23(25)27)24-19-11-5-4-10-18(19)17-8-2-1-3-9-17/h1-13H,14-16H2,(H,24,26). The van der Waals surface area contributed by atoms with E-state index in [9.17, 15) is 9.59 Å². The first kappa shape index (κ1) is 17.8. The van der Waals surface area contributed by atoms with Gasteiger partial charge in [0.15, 0.2) is 6.61 Å². The summed E-state index contributed by atoms with van der Waals surface area (Å²) in [5.74, 6) is 0.383. The molecule has 0 unspecified atom stereocenters. The number of carbonyl (C=O) groups excluding carboxylic acids is 2. The van der Waals surface area contributed by atoms with E-state index < -0.39 is 0 Å². The summed E-state index contributed by atoms with van der Waals surface area (Å²) >= 11 is 0. The Balaban J connectivity index is 1.46. The van der Waals surface area contributed by atoms with E-state index >= 15 is 0 Å². The molecule has 1 heterocycles. The van der Waals surface area contributed by atoms with Crippen molar-refractivity contribution in [1.82, 2.24) is 0 Å². The molecule has 5 nitrogen and oxygen atoms in total. The zero-order valence-corrected chi connectivity index (χ0v) is 15.3. The highest BCUT2D eigenvalue weighted by atomic mass is 16.5. The summed E-state index contributed by atoms with van der Waals surface area (Å²) in [5, 5.41) is 2.98. The van der Waals surface area contributed by atoms with Crippen LogP contribution in [0.5, 0.6) is 5.75 Å². The van der Waals surface area contributed by atoms with Crippen LogP contribution in [-0.4, -0.2) is 25.0 Å². The Morgan fingerprint density at radius 3 is 2.50 bits per heavy atom. The van der Waals surface area contributed by atoms with Crippen LogP contribution < -0.4 is 15.0 Å². The summed E-state index contributed by atoms with van der Waals surface area (Å²) in [7, 11) is 0. The second-order valence-electron chi connectivity index (χ2n) is 6.51. The molecule has 3 aromatic rings. The first-order valence-electron chi connectivity index (χ1n) is 9.19. The summed E-state index contributed by atoms with van der Waals surface area (Å²) in [5.41, 5.74) is 3.46. The minimum atomic E-state index is -0.142. The van der Waals surface area contributed by atoms with Crippen molar-refractivity contribution in [1.29, 1.82) is 0 Å². The van der Waals surface area contributed by atoms with E-state index in [0.717, 1.165) is 16.8 Å². The zero-order chi connectivity index (χ0) is 19.3. The van der Waals surface area contributed by atoms with Crippen LogP contribution in [0.1, 0.15) is 6.42 Å². The van der Waals surface area contributed by atoms with E-state index in [1.165, 1.54) is 0 Å². The molecule has 0 radical (unpaired) electrons. The van der Waals surface area contributed by atoms with Crippen molar-refractivity contribution in [2.45, 2.75) is 6.42 Å². The Morgan fingerprint density at radius 2 is 1.64 bits per heavy atom. The van der Waals surface area contributed by atoms with Crippen molar-refractivity contribution in [3.05, 3.63) is 78.9 Å². The molecule has 28 heavy (non-hydrogen) atoms. The Bertz CT molecular complexity index is 1000. The molecule has 5 heteroatoms. The van der Waals surface area contributed by atoms with Gasteiger partial charge in [-0.3, -0.25) is 9.59 Å². The number of rotatable bonds is 5. The van der Waals surface area contributed by atoms with E-state index in [0.29, 0.717) is 18.0 Å². The Hall–Kier alpha value is -3.60. The maximum absolute atomic E-state index is 12.6. The number of hydrogen-bond donors (Lipinski definition) is 1. The lowest BCUT2D eigenvalue weighted by atomic mass is 10.0. The Kier molecular flexibility index (Phi) is 5.06. The number of nitrogens with zero attached hydrogens (tertiary/aromatic N) is 1. The molecule has 1 aliphatic rings. The molecular weight excluding hydrogens is 352 g/mol. The quantitative estimate of drug-likeness (QED) is 0.733. The van der Waals surface area contributed by atoms with Crippen LogP contribution in [0.4, 0.5) is 11.4 Å². The van der Waals surface area contributed by atoms with Gasteiger partial charge in [0.25, 0.3) is 5.91 Å². The molecule has 2 amide bonds. The number of nitrogens with one attached hydrogen (secondary N) is 1. The number of amides is 2. The second kappa shape index (κ2) is 7.96. The number of benzene rings is 3. The van der Waals surface area contributed by atoms with Crippen LogP contribution in [0.25, 0.3) is 11.1 Å². The van der Waals surface area contributed by atoms with Gasteiger partial charge in [0.1, 0.15) is 5.75 Å². The third-order valence-electron chi connectivity index (χ3n) is 4.66. The smallest absolute Gasteiger partial charge is 0.265 e. The minimum Gasteiger partial charge on any atom is -0.482 e. The number of anilines is 2. The fourth-order valence-electron chi connectivity index (χ4n) is 3.29. The fourth-order valence-corrected chi connectivity index (χ4v) is 3.29. The fraction of sp³-hybridized carbons (Fsp3) is 0.130. The maximum Gasteiger partial charge on any atom is 0.265 e. The number of hydrogen-bond acceptors (Lipinski definition) is 3. The zero-order valence-electron chi connectivity index (χ0n) is 15.3. The van der Waals surface area contributed by atoms with Crippen LogP contribution in [0, 0.1) is 0 Å². The average molecular weight is 372 g/mol. The van der Waals surface area contributed by atoms with E-state index in [1.54, 1.807) is 4.90 Å². The normalized spacial score (nSPS) is 12.9. The molecule has 140 valence electrons. The van der Waals surface area contributed by atoms with Crippen LogP contribution in [0.15, 0.2) is 78.9 Å². The molecule has 0 bridgehead atoms. The molecule has 3 aromatic carbocycles. The molecule has 0 saturated heterocycles. The lowest BCUT2D eigenvalue weighted by Crippen LogP contribution is -2.40. The van der Waals surface area contributed by atoms with Gasteiger partial charge in [0.2, 0.25) is 5.91 Å². The van der Waals surface area contributed by atoms with E-state index in [-0.39, 0.29) is 24.8 Å². The van der Waals surface area contributed by atoms with Gasteiger partial charge < -0.3 is 15.0 Å². The van der Waals surface area contributed by atoms with E-state index in [4.69, 9.17) is 4.74 Å². The highest BCUT2D eigenvalue weighted by Crippen LogP contribution is 2.32. The molecule has 1 N–H and O–H groups in total. The average Bonchev–Trinajstić information content (AvgIpc) is 2.74. The third kappa shape index (κ3) is 3.74. The van der Waals surface area contributed by atoms with Gasteiger partial charge in [-0.2, -0.15) is 0 Å². The van der Waals surface area contributed by atoms with Crippen molar-refractivity contribution in [3.63, 3.8) is 0 Å². The molecule has 0 saturated carbocycles. The molecule has 0 spiro atoms. The summed E-state index contributed by atoms with van der Waals surface area (Å²) in [6, 6.07) is 25.0. The SMILES string of the molecule is O=C(CCN1C(=O)COc2ccccc21)Nc1ccccc1-c1ccccc1.